The van der Waals surface area contributed by atoms with Crippen LogP contribution in [0.15, 0.2) is 51.7 Å². The molecule has 0 N–H and O–H groups in total. The molecule has 150 valence electrons. The van der Waals surface area contributed by atoms with Gasteiger partial charge in [-0.15, -0.1) is 0 Å². The van der Waals surface area contributed by atoms with Crippen LogP contribution in [-0.4, -0.2) is 30.5 Å². The Morgan fingerprint density at radius 1 is 1.14 bits per heavy atom. The Morgan fingerprint density at radius 3 is 2.59 bits per heavy atom. The number of carbonyl (C=O) groups is 1. The van der Waals surface area contributed by atoms with E-state index in [1.54, 1.807) is 17.0 Å². The third kappa shape index (κ3) is 4.01. The summed E-state index contributed by atoms with van der Waals surface area (Å²) in [5.74, 6) is 0.232. The van der Waals surface area contributed by atoms with Crippen molar-refractivity contribution < 1.29 is 13.9 Å². The van der Waals surface area contributed by atoms with Crippen LogP contribution in [0.3, 0.4) is 0 Å². The molecule has 1 saturated heterocycles. The normalized spacial score (nSPS) is 14.2. The predicted octanol–water partition coefficient (Wildman–Crippen LogP) is 4.81. The molecule has 29 heavy (non-hydrogen) atoms. The van der Waals surface area contributed by atoms with E-state index in [-0.39, 0.29) is 23.7 Å². The van der Waals surface area contributed by atoms with E-state index >= 15 is 0 Å². The monoisotopic (exact) mass is 411 g/mol. The Kier molecular flexibility index (Phi) is 5.58. The number of hydrogen-bond acceptors (Lipinski definition) is 4. The molecule has 1 aliphatic heterocycles. The molecule has 5 nitrogen and oxygen atoms in total. The molecule has 0 bridgehead atoms. The fraction of sp³-hybridized carbons (Fsp3) is 0.304. The lowest BCUT2D eigenvalue weighted by Crippen LogP contribution is -2.39. The highest BCUT2D eigenvalue weighted by Gasteiger charge is 2.22. The van der Waals surface area contributed by atoms with Crippen LogP contribution in [0.25, 0.3) is 22.3 Å². The lowest BCUT2D eigenvalue weighted by Gasteiger charge is -2.26. The largest absolute Gasteiger partial charge is 0.476 e. The summed E-state index contributed by atoms with van der Waals surface area (Å²) in [5.41, 5.74) is 1.62. The number of halogens is 1. The van der Waals surface area contributed by atoms with Gasteiger partial charge in [-0.05, 0) is 43.9 Å². The average Bonchev–Trinajstić information content (AvgIpc) is 2.75. The molecular weight excluding hydrogens is 390 g/mol. The lowest BCUT2D eigenvalue weighted by atomic mass is 10.1. The van der Waals surface area contributed by atoms with Crippen molar-refractivity contribution in [1.29, 1.82) is 0 Å². The Morgan fingerprint density at radius 2 is 1.86 bits per heavy atom. The number of hydrogen-bond donors (Lipinski definition) is 0. The van der Waals surface area contributed by atoms with Crippen molar-refractivity contribution >= 4 is 28.5 Å². The number of ether oxygens (including phenoxy) is 1. The average molecular weight is 412 g/mol. The SMILES string of the molecule is Cc1cc2oc(-c3ccccc3)c(OCC(=O)N3CCCCC3)c(=O)c2cc1Cl. The molecule has 0 aliphatic carbocycles. The standard InChI is InChI=1S/C23H22ClNO4/c1-15-12-19-17(13-18(15)24)21(27)23(22(29-19)16-8-4-2-5-9-16)28-14-20(26)25-10-6-3-7-11-25/h2,4-5,8-9,12-13H,3,6-7,10-11,14H2,1H3. The Balaban J connectivity index is 1.76. The van der Waals surface area contributed by atoms with Gasteiger partial charge >= 0.3 is 0 Å². The maximum absolute atomic E-state index is 13.2. The first-order chi connectivity index (χ1) is 14.0. The molecule has 2 aromatic carbocycles. The van der Waals surface area contributed by atoms with Crippen LogP contribution in [0.2, 0.25) is 5.02 Å². The van der Waals surface area contributed by atoms with Crippen molar-refractivity contribution in [1.82, 2.24) is 4.90 Å². The van der Waals surface area contributed by atoms with E-state index < -0.39 is 0 Å². The van der Waals surface area contributed by atoms with Crippen molar-refractivity contribution in [3.05, 3.63) is 63.3 Å². The molecule has 0 spiro atoms. The van der Waals surface area contributed by atoms with Gasteiger partial charge in [-0.2, -0.15) is 0 Å². The molecule has 2 heterocycles. The van der Waals surface area contributed by atoms with E-state index in [0.717, 1.165) is 37.9 Å². The Labute approximate surface area is 173 Å². The van der Waals surface area contributed by atoms with E-state index in [1.165, 1.54) is 0 Å². The van der Waals surface area contributed by atoms with Crippen molar-refractivity contribution in [2.45, 2.75) is 26.2 Å². The molecule has 0 saturated carbocycles. The Hall–Kier alpha value is -2.79. The fourth-order valence-corrected chi connectivity index (χ4v) is 3.74. The third-order valence-electron chi connectivity index (χ3n) is 5.21. The second kappa shape index (κ2) is 8.29. The van der Waals surface area contributed by atoms with Crippen LogP contribution in [0.5, 0.6) is 5.75 Å². The number of benzene rings is 2. The quantitative estimate of drug-likeness (QED) is 0.618. The third-order valence-corrected chi connectivity index (χ3v) is 5.62. The number of likely N-dealkylation sites (tertiary alicyclic amines) is 1. The molecule has 0 radical (unpaired) electrons. The molecule has 4 rings (SSSR count). The highest BCUT2D eigenvalue weighted by molar-refractivity contribution is 6.32. The number of nitrogens with zero attached hydrogens (tertiary/aromatic N) is 1. The second-order valence-electron chi connectivity index (χ2n) is 7.28. The second-order valence-corrected chi connectivity index (χ2v) is 7.69. The smallest absolute Gasteiger partial charge is 0.260 e. The van der Waals surface area contributed by atoms with Crippen molar-refractivity contribution in [2.75, 3.05) is 19.7 Å². The zero-order valence-electron chi connectivity index (χ0n) is 16.2. The molecule has 1 aromatic heterocycles. The van der Waals surface area contributed by atoms with Gasteiger partial charge in [-0.3, -0.25) is 9.59 Å². The van der Waals surface area contributed by atoms with Crippen LogP contribution < -0.4 is 10.2 Å². The maximum atomic E-state index is 13.2. The zero-order chi connectivity index (χ0) is 20.4. The van der Waals surface area contributed by atoms with Gasteiger partial charge in [0.15, 0.2) is 12.4 Å². The summed E-state index contributed by atoms with van der Waals surface area (Å²) in [5, 5.41) is 0.813. The summed E-state index contributed by atoms with van der Waals surface area (Å²) in [6, 6.07) is 12.6. The van der Waals surface area contributed by atoms with Crippen LogP contribution in [-0.2, 0) is 4.79 Å². The molecule has 0 atom stereocenters. The fourth-order valence-electron chi connectivity index (χ4n) is 3.58. The molecule has 1 aliphatic rings. The van der Waals surface area contributed by atoms with E-state index in [4.69, 9.17) is 20.8 Å². The van der Waals surface area contributed by atoms with Gasteiger partial charge in [0.2, 0.25) is 11.2 Å². The lowest BCUT2D eigenvalue weighted by molar-refractivity contribution is -0.134. The van der Waals surface area contributed by atoms with E-state index in [1.807, 2.05) is 37.3 Å². The molecule has 1 amide bonds. The first-order valence-electron chi connectivity index (χ1n) is 9.77. The van der Waals surface area contributed by atoms with Crippen molar-refractivity contribution in [3.8, 4) is 17.1 Å². The van der Waals surface area contributed by atoms with Crippen LogP contribution >= 0.6 is 11.6 Å². The van der Waals surface area contributed by atoms with Crippen LogP contribution in [0.4, 0.5) is 0 Å². The molecular formula is C23H22ClNO4. The van der Waals surface area contributed by atoms with E-state index in [9.17, 15) is 9.59 Å². The first-order valence-corrected chi connectivity index (χ1v) is 10.2. The number of amides is 1. The number of fused-ring (bicyclic) bond motifs is 1. The van der Waals surface area contributed by atoms with Crippen molar-refractivity contribution in [3.63, 3.8) is 0 Å². The molecule has 0 unspecified atom stereocenters. The van der Waals surface area contributed by atoms with Crippen LogP contribution in [0.1, 0.15) is 24.8 Å². The van der Waals surface area contributed by atoms with E-state index in [0.29, 0.717) is 27.3 Å². The summed E-state index contributed by atoms with van der Waals surface area (Å²) >= 11 is 6.22. The highest BCUT2D eigenvalue weighted by Crippen LogP contribution is 2.32. The molecule has 1 fully saturated rings. The summed E-state index contributed by atoms with van der Waals surface area (Å²) in [7, 11) is 0. The van der Waals surface area contributed by atoms with E-state index in [2.05, 4.69) is 0 Å². The minimum Gasteiger partial charge on any atom is -0.476 e. The highest BCUT2D eigenvalue weighted by atomic mass is 35.5. The number of piperidine rings is 1. The molecule has 3 aromatic rings. The summed E-state index contributed by atoms with van der Waals surface area (Å²) in [6.45, 7) is 3.12. The summed E-state index contributed by atoms with van der Waals surface area (Å²) in [6.07, 6.45) is 3.13. The summed E-state index contributed by atoms with van der Waals surface area (Å²) in [4.78, 5) is 27.5. The summed E-state index contributed by atoms with van der Waals surface area (Å²) < 4.78 is 11.8. The molecule has 6 heteroatoms. The van der Waals surface area contributed by atoms with Gasteiger partial charge in [0.25, 0.3) is 5.91 Å². The topological polar surface area (TPSA) is 59.8 Å². The predicted molar refractivity (Wildman–Crippen MR) is 114 cm³/mol. The van der Waals surface area contributed by atoms with Crippen LogP contribution in [0, 0.1) is 6.92 Å². The minimum atomic E-state index is -0.335. The van der Waals surface area contributed by atoms with Gasteiger partial charge in [-0.25, -0.2) is 0 Å². The van der Waals surface area contributed by atoms with Gasteiger partial charge in [0, 0.05) is 23.7 Å². The zero-order valence-corrected chi connectivity index (χ0v) is 17.0. The van der Waals surface area contributed by atoms with Crippen molar-refractivity contribution in [2.24, 2.45) is 0 Å². The number of aryl methyl sites for hydroxylation is 1. The number of rotatable bonds is 4. The minimum absolute atomic E-state index is 0.0361. The van der Waals surface area contributed by atoms with Gasteiger partial charge in [-0.1, -0.05) is 41.9 Å². The van der Waals surface area contributed by atoms with Gasteiger partial charge in [0.1, 0.15) is 5.58 Å². The first kappa shape index (κ1) is 19.5. The maximum Gasteiger partial charge on any atom is 0.260 e. The number of carbonyl (C=O) groups excluding carboxylic acids is 1. The van der Waals surface area contributed by atoms with Gasteiger partial charge in [0.05, 0.1) is 5.39 Å². The Bertz CT molecular complexity index is 1100. The van der Waals surface area contributed by atoms with Gasteiger partial charge < -0.3 is 14.1 Å².